The first-order chi connectivity index (χ1) is 24.3. The molecule has 0 radical (unpaired) electrons. The Morgan fingerprint density at radius 1 is 0.347 bits per heavy atom. The van der Waals surface area contributed by atoms with Crippen molar-refractivity contribution in [2.75, 3.05) is 4.90 Å². The fourth-order valence-corrected chi connectivity index (χ4v) is 7.27. The van der Waals surface area contributed by atoms with Gasteiger partial charge in [0.25, 0.3) is 0 Å². The Kier molecular flexibility index (Phi) is 6.18. The van der Waals surface area contributed by atoms with E-state index in [1.807, 2.05) is 18.2 Å². The normalized spacial score (nSPS) is 11.7. The van der Waals surface area contributed by atoms with Crippen LogP contribution in [0.1, 0.15) is 0 Å². The predicted molar refractivity (Wildman–Crippen MR) is 204 cm³/mol. The number of furan rings is 2. The number of hydrogen-bond acceptors (Lipinski definition) is 3. The van der Waals surface area contributed by atoms with Crippen molar-refractivity contribution in [2.45, 2.75) is 0 Å². The van der Waals surface area contributed by atoms with Crippen molar-refractivity contribution < 1.29 is 8.83 Å². The molecule has 0 aliphatic rings. The van der Waals surface area contributed by atoms with Crippen LogP contribution in [0.3, 0.4) is 0 Å². The van der Waals surface area contributed by atoms with Gasteiger partial charge in [0, 0.05) is 38.5 Å². The van der Waals surface area contributed by atoms with Gasteiger partial charge in [0.1, 0.15) is 16.7 Å². The molecule has 3 heteroatoms. The van der Waals surface area contributed by atoms with Crippen LogP contribution in [0.4, 0.5) is 17.1 Å². The molecule has 0 atom stereocenters. The highest BCUT2D eigenvalue weighted by molar-refractivity contribution is 6.13. The lowest BCUT2D eigenvalue weighted by Gasteiger charge is -2.26. The molecule has 2 aromatic heterocycles. The van der Waals surface area contributed by atoms with Crippen LogP contribution in [-0.2, 0) is 0 Å². The Bertz CT molecular complexity index is 2810. The molecule has 10 aromatic rings. The molecule has 0 amide bonds. The van der Waals surface area contributed by atoms with Crippen molar-refractivity contribution in [3.8, 4) is 22.3 Å². The summed E-state index contributed by atoms with van der Waals surface area (Å²) in [7, 11) is 0. The lowest BCUT2D eigenvalue weighted by molar-refractivity contribution is 0.669. The quantitative estimate of drug-likeness (QED) is 0.190. The Morgan fingerprint density at radius 2 is 0.918 bits per heavy atom. The highest BCUT2D eigenvalue weighted by atomic mass is 16.3. The first-order valence-corrected chi connectivity index (χ1v) is 16.6. The van der Waals surface area contributed by atoms with Crippen LogP contribution >= 0.6 is 0 Å². The summed E-state index contributed by atoms with van der Waals surface area (Å²) in [5.41, 5.74) is 11.2. The molecule has 0 N–H and O–H groups in total. The van der Waals surface area contributed by atoms with Crippen LogP contribution in [0.5, 0.6) is 0 Å². The van der Waals surface area contributed by atoms with Gasteiger partial charge in [0.05, 0.1) is 5.69 Å². The van der Waals surface area contributed by atoms with Gasteiger partial charge >= 0.3 is 0 Å². The van der Waals surface area contributed by atoms with Crippen molar-refractivity contribution in [1.82, 2.24) is 0 Å². The van der Waals surface area contributed by atoms with E-state index in [1.54, 1.807) is 0 Å². The molecule has 0 fully saturated rings. The number of hydrogen-bond donors (Lipinski definition) is 0. The third kappa shape index (κ3) is 4.51. The monoisotopic (exact) mass is 627 g/mol. The summed E-state index contributed by atoms with van der Waals surface area (Å²) < 4.78 is 13.1. The molecule has 10 rings (SSSR count). The number of benzene rings is 8. The lowest BCUT2D eigenvalue weighted by Crippen LogP contribution is -2.10. The Labute approximate surface area is 282 Å². The second kappa shape index (κ2) is 11.0. The molecule has 0 aliphatic carbocycles. The van der Waals surface area contributed by atoms with Crippen LogP contribution < -0.4 is 4.90 Å². The van der Waals surface area contributed by atoms with Crippen LogP contribution in [0.15, 0.2) is 185 Å². The molecule has 2 heterocycles. The average Bonchev–Trinajstić information content (AvgIpc) is 3.73. The smallest absolute Gasteiger partial charge is 0.159 e. The number of fused-ring (bicyclic) bond motifs is 7. The fraction of sp³-hybridized carbons (Fsp3) is 0. The maximum Gasteiger partial charge on any atom is 0.159 e. The summed E-state index contributed by atoms with van der Waals surface area (Å²) in [6.45, 7) is 0. The molecule has 0 spiro atoms. The number of rotatable bonds is 5. The van der Waals surface area contributed by atoms with Crippen LogP contribution in [0.25, 0.3) is 76.9 Å². The summed E-state index contributed by atoms with van der Waals surface area (Å²) in [5.74, 6) is 0. The van der Waals surface area contributed by atoms with Gasteiger partial charge in [-0.2, -0.15) is 0 Å². The van der Waals surface area contributed by atoms with Gasteiger partial charge in [-0.15, -0.1) is 0 Å². The Morgan fingerprint density at radius 3 is 1.69 bits per heavy atom. The second-order valence-corrected chi connectivity index (χ2v) is 12.5. The highest BCUT2D eigenvalue weighted by Gasteiger charge is 2.20. The first kappa shape index (κ1) is 27.5. The maximum atomic E-state index is 6.56. The summed E-state index contributed by atoms with van der Waals surface area (Å²) >= 11 is 0. The number of para-hydroxylation sites is 3. The molecule has 0 unspecified atom stereocenters. The zero-order valence-electron chi connectivity index (χ0n) is 26.5. The van der Waals surface area contributed by atoms with E-state index in [9.17, 15) is 0 Å². The first-order valence-electron chi connectivity index (χ1n) is 16.6. The summed E-state index contributed by atoms with van der Waals surface area (Å²) in [6.07, 6.45) is 0. The SMILES string of the molecule is c1ccc(-c2ccc(N(c3ccc(-c4cccc5c4oc4cc6ccccc6cc45)cc3)c3cccc4c3oc3ccccc34)cc2)cc1. The number of nitrogens with zero attached hydrogens (tertiary/aromatic N) is 1. The minimum atomic E-state index is 0.861. The topological polar surface area (TPSA) is 29.5 Å². The molecule has 8 aromatic carbocycles. The van der Waals surface area contributed by atoms with E-state index in [-0.39, 0.29) is 0 Å². The zero-order valence-corrected chi connectivity index (χ0v) is 26.5. The molecule has 49 heavy (non-hydrogen) atoms. The minimum absolute atomic E-state index is 0.861. The van der Waals surface area contributed by atoms with E-state index < -0.39 is 0 Å². The second-order valence-electron chi connectivity index (χ2n) is 12.5. The molecule has 3 nitrogen and oxygen atoms in total. The summed E-state index contributed by atoms with van der Waals surface area (Å²) in [5, 5.41) is 6.86. The standard InChI is InChI=1S/C46H29NO2/c1-2-10-30(11-3-1)31-20-24-35(25-21-31)47(42-18-9-17-39-38-14-6-7-19-43(38)48-46(39)42)36-26-22-32(23-27-36)37-15-8-16-40-41-28-33-12-4-5-13-34(33)29-44(41)49-45(37)40/h1-29H. The predicted octanol–water partition coefficient (Wildman–Crippen LogP) is 13.4. The van der Waals surface area contributed by atoms with E-state index in [1.165, 1.54) is 21.9 Å². The molecule has 0 saturated carbocycles. The van der Waals surface area contributed by atoms with E-state index in [0.29, 0.717) is 0 Å². The minimum Gasteiger partial charge on any atom is -0.455 e. The molecule has 0 saturated heterocycles. The van der Waals surface area contributed by atoms with Crippen molar-refractivity contribution >= 4 is 71.7 Å². The van der Waals surface area contributed by atoms with Gasteiger partial charge < -0.3 is 13.7 Å². The van der Waals surface area contributed by atoms with E-state index in [2.05, 4.69) is 163 Å². The largest absolute Gasteiger partial charge is 0.455 e. The van der Waals surface area contributed by atoms with Gasteiger partial charge in [0.2, 0.25) is 0 Å². The van der Waals surface area contributed by atoms with E-state index >= 15 is 0 Å². The van der Waals surface area contributed by atoms with Crippen molar-refractivity contribution in [3.05, 3.63) is 176 Å². The fourth-order valence-electron chi connectivity index (χ4n) is 7.27. The van der Waals surface area contributed by atoms with Gasteiger partial charge in [-0.3, -0.25) is 0 Å². The molecular weight excluding hydrogens is 599 g/mol. The molecular formula is C46H29NO2. The zero-order chi connectivity index (χ0) is 32.3. The van der Waals surface area contributed by atoms with Crippen LogP contribution in [-0.4, -0.2) is 0 Å². The molecule has 230 valence electrons. The maximum absolute atomic E-state index is 6.56. The average molecular weight is 628 g/mol. The highest BCUT2D eigenvalue weighted by Crippen LogP contribution is 2.44. The lowest BCUT2D eigenvalue weighted by atomic mass is 10.0. The summed E-state index contributed by atoms with van der Waals surface area (Å²) in [4.78, 5) is 2.29. The molecule has 0 aliphatic heterocycles. The third-order valence-electron chi connectivity index (χ3n) is 9.66. The van der Waals surface area contributed by atoms with E-state index in [4.69, 9.17) is 8.83 Å². The molecule has 0 bridgehead atoms. The van der Waals surface area contributed by atoms with Crippen molar-refractivity contribution in [1.29, 1.82) is 0 Å². The Balaban J connectivity index is 1.11. The van der Waals surface area contributed by atoms with Gasteiger partial charge in [0.15, 0.2) is 5.58 Å². The van der Waals surface area contributed by atoms with Gasteiger partial charge in [-0.05, 0) is 76.0 Å². The summed E-state index contributed by atoms with van der Waals surface area (Å²) in [6, 6.07) is 61.9. The van der Waals surface area contributed by atoms with Crippen LogP contribution in [0.2, 0.25) is 0 Å². The third-order valence-corrected chi connectivity index (χ3v) is 9.66. The number of anilines is 3. The van der Waals surface area contributed by atoms with Crippen molar-refractivity contribution in [2.24, 2.45) is 0 Å². The van der Waals surface area contributed by atoms with Gasteiger partial charge in [-0.25, -0.2) is 0 Å². The van der Waals surface area contributed by atoms with Gasteiger partial charge in [-0.1, -0.05) is 127 Å². The van der Waals surface area contributed by atoms with Crippen molar-refractivity contribution in [3.63, 3.8) is 0 Å². The van der Waals surface area contributed by atoms with Crippen LogP contribution in [0, 0.1) is 0 Å². The van der Waals surface area contributed by atoms with E-state index in [0.717, 1.165) is 72.1 Å². The Hall–Kier alpha value is -6.58.